The highest BCUT2D eigenvalue weighted by atomic mass is 32.2. The molecule has 3 atom stereocenters. The van der Waals surface area contributed by atoms with Gasteiger partial charge in [0.25, 0.3) is 10.0 Å². The summed E-state index contributed by atoms with van der Waals surface area (Å²) in [5, 5.41) is 3.76. The molecule has 0 spiro atoms. The summed E-state index contributed by atoms with van der Waals surface area (Å²) in [6.07, 6.45) is 5.43. The number of sulfonamides is 1. The van der Waals surface area contributed by atoms with Crippen LogP contribution in [0, 0.1) is 5.92 Å². The molecule has 3 rings (SSSR count). The van der Waals surface area contributed by atoms with Gasteiger partial charge >= 0.3 is 0 Å². The lowest BCUT2D eigenvalue weighted by atomic mass is 9.94. The Kier molecular flexibility index (Phi) is 6.34. The molecule has 0 saturated carbocycles. The van der Waals surface area contributed by atoms with Crippen molar-refractivity contribution in [1.82, 2.24) is 19.2 Å². The van der Waals surface area contributed by atoms with Crippen LogP contribution in [0.5, 0.6) is 0 Å². The third kappa shape index (κ3) is 4.59. The summed E-state index contributed by atoms with van der Waals surface area (Å²) >= 11 is 0. The van der Waals surface area contributed by atoms with Crippen molar-refractivity contribution in [1.29, 1.82) is 0 Å². The van der Waals surface area contributed by atoms with Gasteiger partial charge in [-0.1, -0.05) is 50.6 Å². The van der Waals surface area contributed by atoms with E-state index in [0.29, 0.717) is 19.0 Å². The fourth-order valence-electron chi connectivity index (χ4n) is 3.81. The van der Waals surface area contributed by atoms with Crippen molar-refractivity contribution in [2.24, 2.45) is 13.0 Å². The van der Waals surface area contributed by atoms with E-state index in [9.17, 15) is 8.42 Å². The van der Waals surface area contributed by atoms with Crippen molar-refractivity contribution >= 4 is 10.0 Å². The Labute approximate surface area is 162 Å². The minimum absolute atomic E-state index is 0.102. The molecule has 2 aromatic rings. The number of imidazole rings is 1. The van der Waals surface area contributed by atoms with Crippen LogP contribution in [0.4, 0.5) is 0 Å². The average molecular weight is 391 g/mol. The molecule has 27 heavy (non-hydrogen) atoms. The number of nitrogens with one attached hydrogen (secondary N) is 1. The molecule has 0 aliphatic carbocycles. The Hall–Kier alpha value is -1.70. The number of aromatic nitrogens is 2. The Morgan fingerprint density at radius 1 is 1.26 bits per heavy atom. The van der Waals surface area contributed by atoms with E-state index in [-0.39, 0.29) is 17.0 Å². The Morgan fingerprint density at radius 2 is 2.00 bits per heavy atom. The first-order valence-electron chi connectivity index (χ1n) is 9.68. The predicted octanol–water partition coefficient (Wildman–Crippen LogP) is 2.60. The zero-order chi connectivity index (χ0) is 19.4. The molecular weight excluding hydrogens is 360 g/mol. The summed E-state index contributed by atoms with van der Waals surface area (Å²) in [5.74, 6) is 0.714. The van der Waals surface area contributed by atoms with E-state index in [1.807, 2.05) is 18.2 Å². The van der Waals surface area contributed by atoms with Crippen LogP contribution < -0.4 is 5.32 Å². The fourth-order valence-corrected chi connectivity index (χ4v) is 5.27. The maximum Gasteiger partial charge on any atom is 0.262 e. The van der Waals surface area contributed by atoms with Gasteiger partial charge in [0.15, 0.2) is 5.03 Å². The molecule has 1 unspecified atom stereocenters. The summed E-state index contributed by atoms with van der Waals surface area (Å²) in [5.41, 5.74) is 1.18. The highest BCUT2D eigenvalue weighted by molar-refractivity contribution is 7.89. The Balaban J connectivity index is 1.80. The van der Waals surface area contributed by atoms with Crippen LogP contribution in [0.3, 0.4) is 0 Å². The van der Waals surface area contributed by atoms with Gasteiger partial charge in [-0.15, -0.1) is 0 Å². The second-order valence-electron chi connectivity index (χ2n) is 7.63. The van der Waals surface area contributed by atoms with Crippen LogP contribution in [0.1, 0.15) is 38.2 Å². The second-order valence-corrected chi connectivity index (χ2v) is 9.51. The van der Waals surface area contributed by atoms with E-state index in [0.717, 1.165) is 13.0 Å². The molecule has 1 aliphatic heterocycles. The number of rotatable bonds is 8. The van der Waals surface area contributed by atoms with Gasteiger partial charge in [-0.05, 0) is 24.4 Å². The van der Waals surface area contributed by atoms with Crippen molar-refractivity contribution in [3.8, 4) is 0 Å². The highest BCUT2D eigenvalue weighted by Crippen LogP contribution is 2.31. The van der Waals surface area contributed by atoms with Gasteiger partial charge in [0.05, 0.1) is 6.33 Å². The summed E-state index contributed by atoms with van der Waals surface area (Å²) in [6, 6.07) is 10.3. The first-order valence-corrected chi connectivity index (χ1v) is 11.1. The van der Waals surface area contributed by atoms with E-state index in [4.69, 9.17) is 0 Å². The third-order valence-electron chi connectivity index (χ3n) is 5.31. The van der Waals surface area contributed by atoms with E-state index < -0.39 is 10.0 Å². The van der Waals surface area contributed by atoms with Gasteiger partial charge in [0.1, 0.15) is 0 Å². The molecule has 1 saturated heterocycles. The van der Waals surface area contributed by atoms with Gasteiger partial charge < -0.3 is 9.88 Å². The number of nitrogens with zero attached hydrogens (tertiary/aromatic N) is 3. The second kappa shape index (κ2) is 8.54. The normalized spacial score (nSPS) is 22.2. The summed E-state index contributed by atoms with van der Waals surface area (Å²) in [4.78, 5) is 4.07. The molecule has 1 aromatic heterocycles. The van der Waals surface area contributed by atoms with E-state index in [1.54, 1.807) is 22.1 Å². The van der Waals surface area contributed by atoms with Crippen LogP contribution in [-0.2, 0) is 17.1 Å². The fraction of sp³-hybridized carbons (Fsp3) is 0.550. The third-order valence-corrected chi connectivity index (χ3v) is 7.03. The van der Waals surface area contributed by atoms with E-state index in [2.05, 4.69) is 36.3 Å². The molecule has 0 radical (unpaired) electrons. The highest BCUT2D eigenvalue weighted by Gasteiger charge is 2.40. The maximum absolute atomic E-state index is 13.0. The number of hydrogen-bond acceptors (Lipinski definition) is 4. The summed E-state index contributed by atoms with van der Waals surface area (Å²) < 4.78 is 29.3. The van der Waals surface area contributed by atoms with Crippen LogP contribution >= 0.6 is 0 Å². The van der Waals surface area contributed by atoms with Crippen molar-refractivity contribution < 1.29 is 8.42 Å². The molecule has 1 fully saturated rings. The smallest absolute Gasteiger partial charge is 0.262 e. The van der Waals surface area contributed by atoms with Gasteiger partial charge in [-0.3, -0.25) is 0 Å². The molecule has 1 N–H and O–H groups in total. The van der Waals surface area contributed by atoms with Crippen molar-refractivity contribution in [3.63, 3.8) is 0 Å². The molecule has 6 nitrogen and oxygen atoms in total. The first-order chi connectivity index (χ1) is 12.9. The largest absolute Gasteiger partial charge is 0.339 e. The van der Waals surface area contributed by atoms with E-state index in [1.165, 1.54) is 18.3 Å². The van der Waals surface area contributed by atoms with Crippen molar-refractivity contribution in [3.05, 3.63) is 48.4 Å². The number of hydrogen-bond donors (Lipinski definition) is 1. The lowest BCUT2D eigenvalue weighted by molar-refractivity contribution is 0.411. The minimum atomic E-state index is -3.58. The van der Waals surface area contributed by atoms with Crippen LogP contribution in [-0.4, -0.2) is 48.0 Å². The number of aryl methyl sites for hydroxylation is 1. The maximum atomic E-state index is 13.0. The monoisotopic (exact) mass is 390 g/mol. The van der Waals surface area contributed by atoms with Gasteiger partial charge in [0.2, 0.25) is 0 Å². The predicted molar refractivity (Wildman–Crippen MR) is 107 cm³/mol. The minimum Gasteiger partial charge on any atom is -0.339 e. The first kappa shape index (κ1) is 20.0. The van der Waals surface area contributed by atoms with Gasteiger partial charge in [-0.2, -0.15) is 4.31 Å². The standard InChI is InChI=1S/C20H30N4O2S/c1-4-8-16(2)11-21-19-13-24(12-18(19)17-9-6-5-7-10-17)27(25,26)20-14-23(3)15-22-20/h5-7,9-10,14-16,18-19,21H,4,8,11-13H2,1-3H3/t16?,18-,19+/m1/s1. The van der Waals surface area contributed by atoms with E-state index >= 15 is 0 Å². The zero-order valence-electron chi connectivity index (χ0n) is 16.4. The molecule has 7 heteroatoms. The lowest BCUT2D eigenvalue weighted by Gasteiger charge is -2.22. The van der Waals surface area contributed by atoms with Gasteiger partial charge in [-0.25, -0.2) is 13.4 Å². The Bertz CT molecular complexity index is 835. The lowest BCUT2D eigenvalue weighted by Crippen LogP contribution is -2.39. The van der Waals surface area contributed by atoms with Crippen LogP contribution in [0.2, 0.25) is 0 Å². The summed E-state index contributed by atoms with van der Waals surface area (Å²) in [7, 11) is -1.80. The van der Waals surface area contributed by atoms with Crippen LogP contribution in [0.25, 0.3) is 0 Å². The quantitative estimate of drug-likeness (QED) is 0.752. The Morgan fingerprint density at radius 3 is 2.63 bits per heavy atom. The van der Waals surface area contributed by atoms with Crippen molar-refractivity contribution in [2.45, 2.75) is 43.7 Å². The van der Waals surface area contributed by atoms with Crippen LogP contribution in [0.15, 0.2) is 47.9 Å². The molecular formula is C20H30N4O2S. The zero-order valence-corrected chi connectivity index (χ0v) is 17.2. The van der Waals surface area contributed by atoms with Gasteiger partial charge in [0, 0.05) is 38.3 Å². The molecule has 1 aliphatic rings. The molecule has 0 bridgehead atoms. The topological polar surface area (TPSA) is 67.2 Å². The molecule has 1 aromatic carbocycles. The molecule has 0 amide bonds. The summed E-state index contributed by atoms with van der Waals surface area (Å²) in [6.45, 7) is 6.28. The average Bonchev–Trinajstić information content (AvgIpc) is 3.28. The molecule has 2 heterocycles. The SMILES string of the molecule is CCCC(C)CN[C@H]1CN(S(=O)(=O)c2cn(C)cn2)C[C@@H]1c1ccccc1. The molecule has 148 valence electrons. The number of benzene rings is 1. The van der Waals surface area contributed by atoms with Crippen molar-refractivity contribution in [2.75, 3.05) is 19.6 Å².